The van der Waals surface area contributed by atoms with E-state index in [1.807, 2.05) is 22.6 Å². The Hall–Kier alpha value is -0.130. The van der Waals surface area contributed by atoms with Gasteiger partial charge in [0.2, 0.25) is 0 Å². The molecule has 0 bridgehead atoms. The van der Waals surface area contributed by atoms with Gasteiger partial charge in [0.05, 0.1) is 4.22 Å². The molecule has 0 fully saturated rings. The number of rotatable bonds is 1. The molecule has 0 unspecified atom stereocenters. The van der Waals surface area contributed by atoms with Crippen molar-refractivity contribution >= 4 is 32.6 Å². The molecule has 0 aromatic heterocycles. The van der Waals surface area contributed by atoms with Gasteiger partial charge in [-0.2, -0.15) is 5.10 Å². The summed E-state index contributed by atoms with van der Waals surface area (Å²) >= 11 is 2.01. The van der Waals surface area contributed by atoms with Crippen molar-refractivity contribution in [3.63, 3.8) is 0 Å². The molecule has 0 aliphatic heterocycles. The summed E-state index contributed by atoms with van der Waals surface area (Å²) in [5, 5.41) is 12.3. The SMILES string of the molecule is CC(=N)N(C)/N=C\I. The summed E-state index contributed by atoms with van der Waals surface area (Å²) in [6.45, 7) is 1.68. The van der Waals surface area contributed by atoms with Crippen LogP contribution in [0.2, 0.25) is 0 Å². The maximum atomic E-state index is 7.01. The minimum Gasteiger partial charge on any atom is -0.287 e. The highest BCUT2D eigenvalue weighted by Crippen LogP contribution is 1.84. The molecule has 3 nitrogen and oxygen atoms in total. The van der Waals surface area contributed by atoms with Crippen molar-refractivity contribution in [2.24, 2.45) is 5.10 Å². The zero-order chi connectivity index (χ0) is 6.57. The van der Waals surface area contributed by atoms with Crippen LogP contribution in [0, 0.1) is 5.41 Å². The summed E-state index contributed by atoms with van der Waals surface area (Å²) in [7, 11) is 1.73. The van der Waals surface area contributed by atoms with Crippen LogP contribution in [0.5, 0.6) is 0 Å². The fraction of sp³-hybridized carbons (Fsp3) is 0.500. The third-order valence-corrected chi connectivity index (χ3v) is 0.951. The average Bonchev–Trinajstić information content (AvgIpc) is 1.67. The molecule has 0 aliphatic carbocycles. The molecule has 0 saturated heterocycles. The Morgan fingerprint density at radius 1 is 1.88 bits per heavy atom. The van der Waals surface area contributed by atoms with E-state index in [1.54, 1.807) is 18.2 Å². The van der Waals surface area contributed by atoms with Crippen molar-refractivity contribution in [1.82, 2.24) is 5.01 Å². The molecule has 4 heteroatoms. The van der Waals surface area contributed by atoms with Crippen LogP contribution in [0.25, 0.3) is 0 Å². The van der Waals surface area contributed by atoms with Gasteiger partial charge in [-0.1, -0.05) is 0 Å². The van der Waals surface area contributed by atoms with Gasteiger partial charge in [0, 0.05) is 7.05 Å². The molecule has 0 rings (SSSR count). The lowest BCUT2D eigenvalue weighted by molar-refractivity contribution is 0.542. The molecular weight excluding hydrogens is 217 g/mol. The molecule has 1 N–H and O–H groups in total. The number of nitrogens with one attached hydrogen (secondary N) is 1. The summed E-state index contributed by atoms with van der Waals surface area (Å²) < 4.78 is 1.62. The molecule has 0 aliphatic rings. The molecule has 0 heterocycles. The van der Waals surface area contributed by atoms with Crippen molar-refractivity contribution in [3.8, 4) is 0 Å². The van der Waals surface area contributed by atoms with E-state index in [1.165, 1.54) is 5.01 Å². The van der Waals surface area contributed by atoms with Crippen molar-refractivity contribution in [2.75, 3.05) is 7.05 Å². The topological polar surface area (TPSA) is 39.5 Å². The van der Waals surface area contributed by atoms with Crippen molar-refractivity contribution in [1.29, 1.82) is 5.41 Å². The average molecular weight is 225 g/mol. The minimum absolute atomic E-state index is 0.443. The Morgan fingerprint density at radius 2 is 2.38 bits per heavy atom. The molecule has 0 aromatic carbocycles. The van der Waals surface area contributed by atoms with Crippen LogP contribution in [0.1, 0.15) is 6.92 Å². The van der Waals surface area contributed by atoms with E-state index in [9.17, 15) is 0 Å². The molecule has 0 amide bonds. The Kier molecular flexibility index (Phi) is 3.76. The van der Waals surface area contributed by atoms with E-state index < -0.39 is 0 Å². The number of amidine groups is 1. The van der Waals surface area contributed by atoms with Gasteiger partial charge in [0.15, 0.2) is 0 Å². The van der Waals surface area contributed by atoms with Crippen LogP contribution in [0.15, 0.2) is 5.10 Å². The molecule has 0 radical (unpaired) electrons. The van der Waals surface area contributed by atoms with Crippen molar-refractivity contribution in [2.45, 2.75) is 6.92 Å². The Bertz CT molecular complexity index is 110. The summed E-state index contributed by atoms with van der Waals surface area (Å²) in [6, 6.07) is 0. The second-order valence-electron chi connectivity index (χ2n) is 1.32. The molecule has 0 saturated carbocycles. The summed E-state index contributed by atoms with van der Waals surface area (Å²) in [5.41, 5.74) is 0. The van der Waals surface area contributed by atoms with Gasteiger partial charge in [0.1, 0.15) is 5.84 Å². The summed E-state index contributed by atoms with van der Waals surface area (Å²) in [5.74, 6) is 0.443. The molecule has 0 atom stereocenters. The quantitative estimate of drug-likeness (QED) is 0.310. The fourth-order valence-electron chi connectivity index (χ4n) is 0.152. The second-order valence-corrected chi connectivity index (χ2v) is 1.88. The highest BCUT2D eigenvalue weighted by Gasteiger charge is 1.88. The summed E-state index contributed by atoms with van der Waals surface area (Å²) in [4.78, 5) is 0. The predicted molar refractivity (Wildman–Crippen MR) is 43.7 cm³/mol. The molecule has 8 heavy (non-hydrogen) atoms. The Morgan fingerprint density at radius 3 is 2.50 bits per heavy atom. The normalized spacial score (nSPS) is 9.88. The zero-order valence-electron chi connectivity index (χ0n) is 4.85. The van der Waals surface area contributed by atoms with Crippen LogP contribution in [-0.2, 0) is 0 Å². The number of hydrazone groups is 1. The Labute approximate surface area is 62.4 Å². The van der Waals surface area contributed by atoms with Crippen molar-refractivity contribution < 1.29 is 0 Å². The van der Waals surface area contributed by atoms with E-state index >= 15 is 0 Å². The van der Waals surface area contributed by atoms with E-state index in [0.717, 1.165) is 0 Å². The number of hydrogen-bond donors (Lipinski definition) is 1. The monoisotopic (exact) mass is 225 g/mol. The maximum absolute atomic E-state index is 7.01. The minimum atomic E-state index is 0.443. The van der Waals surface area contributed by atoms with Gasteiger partial charge >= 0.3 is 0 Å². The zero-order valence-corrected chi connectivity index (χ0v) is 7.01. The van der Waals surface area contributed by atoms with Gasteiger partial charge in [-0.3, -0.25) is 10.4 Å². The first-order valence-electron chi connectivity index (χ1n) is 2.10. The highest BCUT2D eigenvalue weighted by molar-refractivity contribution is 14.1. The third-order valence-electron chi connectivity index (χ3n) is 0.702. The second kappa shape index (κ2) is 3.82. The maximum Gasteiger partial charge on any atom is 0.113 e. The van der Waals surface area contributed by atoms with Gasteiger partial charge in [-0.15, -0.1) is 0 Å². The van der Waals surface area contributed by atoms with Gasteiger partial charge in [-0.05, 0) is 29.5 Å². The number of hydrogen-bond acceptors (Lipinski definition) is 2. The van der Waals surface area contributed by atoms with Gasteiger partial charge < -0.3 is 0 Å². The lowest BCUT2D eigenvalue weighted by Gasteiger charge is -2.07. The largest absolute Gasteiger partial charge is 0.287 e. The first kappa shape index (κ1) is 7.87. The van der Waals surface area contributed by atoms with E-state index in [2.05, 4.69) is 5.10 Å². The number of nitrogens with zero attached hydrogens (tertiary/aromatic N) is 2. The standard InChI is InChI=1S/C4H8IN3/c1-4(6)8(2)7-3-5/h3,6H,1-2H3/b6-4?,7-3-. The Balaban J connectivity index is 3.64. The predicted octanol–water partition coefficient (Wildman–Crippen LogP) is 1.29. The van der Waals surface area contributed by atoms with E-state index in [-0.39, 0.29) is 0 Å². The molecule has 46 valence electrons. The van der Waals surface area contributed by atoms with Crippen LogP contribution in [0.4, 0.5) is 0 Å². The van der Waals surface area contributed by atoms with Crippen LogP contribution >= 0.6 is 22.6 Å². The van der Waals surface area contributed by atoms with Crippen molar-refractivity contribution in [3.05, 3.63) is 0 Å². The first-order chi connectivity index (χ1) is 3.68. The molecular formula is C4H8IN3. The fourth-order valence-corrected chi connectivity index (χ4v) is 0.526. The third kappa shape index (κ3) is 2.95. The van der Waals surface area contributed by atoms with E-state index in [4.69, 9.17) is 5.41 Å². The molecule has 0 spiro atoms. The van der Waals surface area contributed by atoms with E-state index in [0.29, 0.717) is 5.84 Å². The summed E-state index contributed by atoms with van der Waals surface area (Å²) in [6.07, 6.45) is 0. The lowest BCUT2D eigenvalue weighted by atomic mass is 10.7. The van der Waals surface area contributed by atoms with Gasteiger partial charge in [0.25, 0.3) is 0 Å². The number of halogens is 1. The lowest BCUT2D eigenvalue weighted by Crippen LogP contribution is -2.15. The molecule has 0 aromatic rings. The van der Waals surface area contributed by atoms with Gasteiger partial charge in [-0.25, -0.2) is 0 Å². The highest BCUT2D eigenvalue weighted by atomic mass is 127. The van der Waals surface area contributed by atoms with Crippen LogP contribution in [-0.4, -0.2) is 22.1 Å². The van der Waals surface area contributed by atoms with Crippen LogP contribution in [0.3, 0.4) is 0 Å². The smallest absolute Gasteiger partial charge is 0.113 e. The first-order valence-corrected chi connectivity index (χ1v) is 3.34. The van der Waals surface area contributed by atoms with Crippen LogP contribution < -0.4 is 0 Å².